The van der Waals surface area contributed by atoms with Crippen LogP contribution in [0.15, 0.2) is 42.6 Å². The van der Waals surface area contributed by atoms with Gasteiger partial charge in [0.05, 0.1) is 25.0 Å². The number of aromatic nitrogens is 2. The quantitative estimate of drug-likeness (QED) is 0.512. The van der Waals surface area contributed by atoms with Crippen LogP contribution in [0.3, 0.4) is 0 Å². The Hall–Kier alpha value is -3.81. The van der Waals surface area contributed by atoms with E-state index in [2.05, 4.69) is 58.1 Å². The van der Waals surface area contributed by atoms with Crippen LogP contribution in [0, 0.1) is 13.8 Å². The summed E-state index contributed by atoms with van der Waals surface area (Å²) in [5.41, 5.74) is 13.2. The van der Waals surface area contributed by atoms with Gasteiger partial charge in [-0.25, -0.2) is 9.78 Å². The molecule has 1 fully saturated rings. The van der Waals surface area contributed by atoms with Crippen LogP contribution in [0.2, 0.25) is 0 Å². The van der Waals surface area contributed by atoms with Crippen molar-refractivity contribution in [1.29, 1.82) is 0 Å². The van der Waals surface area contributed by atoms with Crippen molar-refractivity contribution < 1.29 is 14.3 Å². The Bertz CT molecular complexity index is 1190. The molecule has 1 aliphatic heterocycles. The van der Waals surface area contributed by atoms with Crippen LogP contribution in [0.5, 0.6) is 0 Å². The van der Waals surface area contributed by atoms with Crippen molar-refractivity contribution in [2.75, 3.05) is 25.9 Å². The first-order valence-corrected chi connectivity index (χ1v) is 11.0. The molecular weight excluding hydrogens is 418 g/mol. The van der Waals surface area contributed by atoms with Crippen molar-refractivity contribution >= 4 is 17.7 Å². The van der Waals surface area contributed by atoms with Gasteiger partial charge in [0.2, 0.25) is 5.91 Å². The van der Waals surface area contributed by atoms with E-state index < -0.39 is 6.09 Å². The lowest BCUT2D eigenvalue weighted by molar-refractivity contribution is -0.131. The van der Waals surface area contributed by atoms with E-state index in [0.717, 1.165) is 46.7 Å². The van der Waals surface area contributed by atoms with Crippen molar-refractivity contribution in [3.63, 3.8) is 0 Å². The summed E-state index contributed by atoms with van der Waals surface area (Å²) in [6.45, 7) is 4.70. The smallest absolute Gasteiger partial charge is 0.407 e. The minimum atomic E-state index is -0.618. The fraction of sp³-hybridized carbons (Fsp3) is 0.320. The number of anilines is 1. The highest BCUT2D eigenvalue weighted by Gasteiger charge is 2.32. The molecule has 0 radical (unpaired) electrons. The second-order valence-electron chi connectivity index (χ2n) is 8.38. The summed E-state index contributed by atoms with van der Waals surface area (Å²) in [7, 11) is 1.27. The molecule has 2 heterocycles. The Morgan fingerprint density at radius 1 is 1.18 bits per heavy atom. The van der Waals surface area contributed by atoms with Crippen LogP contribution in [-0.4, -0.2) is 47.1 Å². The maximum Gasteiger partial charge on any atom is 0.407 e. The zero-order valence-corrected chi connectivity index (χ0v) is 19.1. The monoisotopic (exact) mass is 447 g/mol. The van der Waals surface area contributed by atoms with E-state index >= 15 is 0 Å². The van der Waals surface area contributed by atoms with Gasteiger partial charge in [-0.3, -0.25) is 4.79 Å². The van der Waals surface area contributed by atoms with Crippen molar-refractivity contribution in [3.8, 4) is 22.4 Å². The fourth-order valence-electron chi connectivity index (χ4n) is 4.45. The molecule has 1 saturated heterocycles. The molecule has 0 aliphatic carbocycles. The number of nitrogens with zero attached hydrogens (tertiary/aromatic N) is 2. The Morgan fingerprint density at radius 2 is 1.91 bits per heavy atom. The predicted molar refractivity (Wildman–Crippen MR) is 127 cm³/mol. The number of benzene rings is 2. The third-order valence-corrected chi connectivity index (χ3v) is 6.13. The number of nitrogen functional groups attached to an aromatic ring is 1. The van der Waals surface area contributed by atoms with E-state index in [1.807, 2.05) is 18.3 Å². The zero-order valence-electron chi connectivity index (χ0n) is 19.1. The summed E-state index contributed by atoms with van der Waals surface area (Å²) in [4.78, 5) is 33.6. The first-order chi connectivity index (χ1) is 15.9. The number of carbonyl (C=O) groups excluding carboxylic acids is 2. The number of alkyl carbamates (subject to hydrolysis) is 1. The molecule has 8 nitrogen and oxygen atoms in total. The number of imidazole rings is 1. The summed E-state index contributed by atoms with van der Waals surface area (Å²) in [6.07, 6.45) is 2.91. The Labute approximate surface area is 193 Å². The SMILES string of the molecule is COC(=O)NCC(=O)N1CCCC1c1ncc(-c2ccc(-c3ccc(N)cc3C)c(C)c2)[nH]1. The van der Waals surface area contributed by atoms with Gasteiger partial charge >= 0.3 is 6.09 Å². The number of amides is 2. The molecule has 8 heteroatoms. The minimum Gasteiger partial charge on any atom is -0.453 e. The predicted octanol–water partition coefficient (Wildman–Crippen LogP) is 3.96. The number of nitrogens with two attached hydrogens (primary N) is 1. The van der Waals surface area contributed by atoms with E-state index in [-0.39, 0.29) is 18.5 Å². The van der Waals surface area contributed by atoms with Crippen LogP contribution in [0.1, 0.15) is 35.8 Å². The average molecular weight is 448 g/mol. The Kier molecular flexibility index (Phi) is 6.35. The molecule has 2 aromatic carbocycles. The highest BCUT2D eigenvalue weighted by molar-refractivity contribution is 5.82. The third kappa shape index (κ3) is 4.69. The van der Waals surface area contributed by atoms with Crippen molar-refractivity contribution in [1.82, 2.24) is 20.2 Å². The number of hydrogen-bond acceptors (Lipinski definition) is 5. The maximum absolute atomic E-state index is 12.6. The number of rotatable bonds is 5. The second-order valence-corrected chi connectivity index (χ2v) is 8.38. The highest BCUT2D eigenvalue weighted by atomic mass is 16.5. The maximum atomic E-state index is 12.6. The number of methoxy groups -OCH3 is 1. The third-order valence-electron chi connectivity index (χ3n) is 6.13. The molecule has 0 spiro atoms. The lowest BCUT2D eigenvalue weighted by Gasteiger charge is -2.23. The number of aromatic amines is 1. The van der Waals surface area contributed by atoms with Crippen molar-refractivity contribution in [3.05, 3.63) is 59.5 Å². The molecule has 0 bridgehead atoms. The van der Waals surface area contributed by atoms with Gasteiger partial charge in [-0.1, -0.05) is 18.2 Å². The molecule has 33 heavy (non-hydrogen) atoms. The molecule has 172 valence electrons. The molecular formula is C25H29N5O3. The summed E-state index contributed by atoms with van der Waals surface area (Å²) in [5, 5.41) is 2.45. The van der Waals surface area contributed by atoms with Gasteiger partial charge in [-0.05, 0) is 72.7 Å². The van der Waals surface area contributed by atoms with E-state index in [0.29, 0.717) is 6.54 Å². The standard InChI is InChI=1S/C25H29N5O3/c1-15-11-17(6-8-19(15)20-9-7-18(26)12-16(20)2)21-13-27-24(29-21)22-5-4-10-30(22)23(31)14-28-25(32)33-3/h6-9,11-13,22H,4-5,10,14,26H2,1-3H3,(H,27,29)(H,28,32). The van der Waals surface area contributed by atoms with Gasteiger partial charge in [-0.2, -0.15) is 0 Å². The molecule has 3 aromatic rings. The lowest BCUT2D eigenvalue weighted by Crippen LogP contribution is -2.40. The van der Waals surface area contributed by atoms with E-state index in [9.17, 15) is 9.59 Å². The lowest BCUT2D eigenvalue weighted by atomic mass is 9.94. The number of likely N-dealkylation sites (tertiary alicyclic amines) is 1. The van der Waals surface area contributed by atoms with Gasteiger partial charge < -0.3 is 25.7 Å². The van der Waals surface area contributed by atoms with Crippen LogP contribution in [0.25, 0.3) is 22.4 Å². The molecule has 1 aromatic heterocycles. The first-order valence-electron chi connectivity index (χ1n) is 11.0. The van der Waals surface area contributed by atoms with Crippen LogP contribution in [0.4, 0.5) is 10.5 Å². The average Bonchev–Trinajstić information content (AvgIpc) is 3.47. The van der Waals surface area contributed by atoms with Gasteiger partial charge in [0.1, 0.15) is 12.4 Å². The van der Waals surface area contributed by atoms with Gasteiger partial charge in [0.15, 0.2) is 0 Å². The van der Waals surface area contributed by atoms with Crippen LogP contribution >= 0.6 is 0 Å². The second kappa shape index (κ2) is 9.36. The van der Waals surface area contributed by atoms with Crippen molar-refractivity contribution in [2.24, 2.45) is 0 Å². The summed E-state index contributed by atoms with van der Waals surface area (Å²) < 4.78 is 4.54. The number of nitrogens with one attached hydrogen (secondary N) is 2. The molecule has 1 unspecified atom stereocenters. The molecule has 2 amide bonds. The largest absolute Gasteiger partial charge is 0.453 e. The molecule has 1 atom stereocenters. The van der Waals surface area contributed by atoms with E-state index in [4.69, 9.17) is 5.73 Å². The van der Waals surface area contributed by atoms with Crippen molar-refractivity contribution in [2.45, 2.75) is 32.7 Å². The Balaban J connectivity index is 1.52. The summed E-state index contributed by atoms with van der Waals surface area (Å²) in [6, 6.07) is 12.2. The van der Waals surface area contributed by atoms with E-state index in [1.165, 1.54) is 18.2 Å². The summed E-state index contributed by atoms with van der Waals surface area (Å²) in [5.74, 6) is 0.602. The number of aryl methyl sites for hydroxylation is 2. The van der Waals surface area contributed by atoms with Gasteiger partial charge in [0, 0.05) is 12.2 Å². The van der Waals surface area contributed by atoms with Gasteiger partial charge in [0.25, 0.3) is 0 Å². The molecule has 0 saturated carbocycles. The summed E-state index contributed by atoms with van der Waals surface area (Å²) >= 11 is 0. The highest BCUT2D eigenvalue weighted by Crippen LogP contribution is 2.33. The minimum absolute atomic E-state index is 0.0953. The molecule has 4 N–H and O–H groups in total. The molecule has 1 aliphatic rings. The zero-order chi connectivity index (χ0) is 23.5. The number of hydrogen-bond donors (Lipinski definition) is 3. The number of carbonyl (C=O) groups is 2. The van der Waals surface area contributed by atoms with E-state index in [1.54, 1.807) is 4.90 Å². The fourth-order valence-corrected chi connectivity index (χ4v) is 4.45. The topological polar surface area (TPSA) is 113 Å². The van der Waals surface area contributed by atoms with Crippen LogP contribution < -0.4 is 11.1 Å². The first kappa shape index (κ1) is 22.4. The number of ether oxygens (including phenoxy) is 1. The Morgan fingerprint density at radius 3 is 2.61 bits per heavy atom. The molecule has 4 rings (SSSR count). The number of H-pyrrole nitrogens is 1. The van der Waals surface area contributed by atoms with Gasteiger partial charge in [-0.15, -0.1) is 0 Å². The normalized spacial score (nSPS) is 15.5. The van der Waals surface area contributed by atoms with Crippen LogP contribution in [-0.2, 0) is 9.53 Å².